The number of anilines is 1. The maximum atomic E-state index is 12.3. The van der Waals surface area contributed by atoms with E-state index in [0.717, 1.165) is 0 Å². The second kappa shape index (κ2) is 7.23. The summed E-state index contributed by atoms with van der Waals surface area (Å²) in [6.45, 7) is 0. The molecule has 0 bridgehead atoms. The molecular formula is C16H14N2O6. The van der Waals surface area contributed by atoms with Crippen molar-refractivity contribution in [2.75, 3.05) is 19.5 Å². The summed E-state index contributed by atoms with van der Waals surface area (Å²) in [5.41, 5.74) is 0.582. The van der Waals surface area contributed by atoms with Gasteiger partial charge in [-0.1, -0.05) is 0 Å². The van der Waals surface area contributed by atoms with E-state index >= 15 is 0 Å². The third-order valence-electron chi connectivity index (χ3n) is 3.21. The van der Waals surface area contributed by atoms with Crippen LogP contribution in [0.2, 0.25) is 0 Å². The first-order valence-electron chi connectivity index (χ1n) is 6.78. The first-order chi connectivity index (χ1) is 11.5. The van der Waals surface area contributed by atoms with Gasteiger partial charge in [-0.05, 0) is 30.3 Å². The normalized spacial score (nSPS) is 9.92. The summed E-state index contributed by atoms with van der Waals surface area (Å²) >= 11 is 0. The quantitative estimate of drug-likeness (QED) is 0.513. The van der Waals surface area contributed by atoms with Gasteiger partial charge in [0, 0.05) is 17.7 Å². The van der Waals surface area contributed by atoms with Gasteiger partial charge in [0.2, 0.25) is 0 Å². The van der Waals surface area contributed by atoms with Crippen molar-refractivity contribution < 1.29 is 24.0 Å². The predicted octanol–water partition coefficient (Wildman–Crippen LogP) is 2.64. The summed E-state index contributed by atoms with van der Waals surface area (Å²) < 4.78 is 9.66. The Kier molecular flexibility index (Phi) is 5.10. The van der Waals surface area contributed by atoms with E-state index in [1.165, 1.54) is 56.7 Å². The molecule has 2 aromatic rings. The minimum absolute atomic E-state index is 0.174. The number of non-ortho nitro benzene ring substituents is 1. The Bertz CT molecular complexity index is 786. The van der Waals surface area contributed by atoms with Gasteiger partial charge >= 0.3 is 5.97 Å². The highest BCUT2D eigenvalue weighted by atomic mass is 16.6. The van der Waals surface area contributed by atoms with E-state index in [9.17, 15) is 19.7 Å². The second-order valence-electron chi connectivity index (χ2n) is 4.66. The Morgan fingerprint density at radius 2 is 1.67 bits per heavy atom. The highest BCUT2D eigenvalue weighted by Gasteiger charge is 2.15. The number of esters is 1. The third-order valence-corrected chi connectivity index (χ3v) is 3.21. The molecule has 24 heavy (non-hydrogen) atoms. The Morgan fingerprint density at radius 3 is 2.21 bits per heavy atom. The first-order valence-corrected chi connectivity index (χ1v) is 6.78. The van der Waals surface area contributed by atoms with Crippen molar-refractivity contribution >= 4 is 23.3 Å². The molecule has 0 aliphatic rings. The van der Waals surface area contributed by atoms with E-state index in [2.05, 4.69) is 10.1 Å². The fourth-order valence-corrected chi connectivity index (χ4v) is 1.98. The molecule has 0 aliphatic heterocycles. The molecule has 0 saturated carbocycles. The summed E-state index contributed by atoms with van der Waals surface area (Å²) in [7, 11) is 2.65. The maximum Gasteiger partial charge on any atom is 0.337 e. The fourth-order valence-electron chi connectivity index (χ4n) is 1.98. The molecule has 0 aliphatic carbocycles. The monoisotopic (exact) mass is 330 g/mol. The predicted molar refractivity (Wildman–Crippen MR) is 85.4 cm³/mol. The Balaban J connectivity index is 2.24. The Labute approximate surface area is 137 Å². The molecule has 2 aromatic carbocycles. The van der Waals surface area contributed by atoms with Crippen LogP contribution in [0.15, 0.2) is 42.5 Å². The number of carbonyl (C=O) groups is 2. The number of nitro groups is 1. The molecule has 1 N–H and O–H groups in total. The van der Waals surface area contributed by atoms with Gasteiger partial charge in [0.1, 0.15) is 5.75 Å². The summed E-state index contributed by atoms with van der Waals surface area (Å²) in [6, 6.07) is 9.68. The van der Waals surface area contributed by atoms with E-state index in [1.54, 1.807) is 0 Å². The molecule has 0 saturated heterocycles. The van der Waals surface area contributed by atoms with Crippen molar-refractivity contribution in [2.24, 2.45) is 0 Å². The molecular weight excluding hydrogens is 316 g/mol. The van der Waals surface area contributed by atoms with Crippen LogP contribution in [0, 0.1) is 10.1 Å². The van der Waals surface area contributed by atoms with Gasteiger partial charge in [0.25, 0.3) is 11.6 Å². The average Bonchev–Trinajstić information content (AvgIpc) is 2.60. The van der Waals surface area contributed by atoms with Crippen molar-refractivity contribution in [2.45, 2.75) is 0 Å². The van der Waals surface area contributed by atoms with Crippen LogP contribution in [0.25, 0.3) is 0 Å². The summed E-state index contributed by atoms with van der Waals surface area (Å²) in [5.74, 6) is -0.715. The fraction of sp³-hybridized carbons (Fsp3) is 0.125. The topological polar surface area (TPSA) is 108 Å². The number of nitrogens with one attached hydrogen (secondary N) is 1. The number of benzene rings is 2. The lowest BCUT2D eigenvalue weighted by molar-refractivity contribution is -0.384. The zero-order valence-corrected chi connectivity index (χ0v) is 12.9. The summed E-state index contributed by atoms with van der Waals surface area (Å²) in [5, 5.41) is 13.4. The number of rotatable bonds is 5. The summed E-state index contributed by atoms with van der Waals surface area (Å²) in [4.78, 5) is 33.9. The molecule has 0 aromatic heterocycles. The maximum absolute atomic E-state index is 12.3. The van der Waals surface area contributed by atoms with Crippen molar-refractivity contribution in [3.8, 4) is 5.75 Å². The Hall–Kier alpha value is -3.42. The van der Waals surface area contributed by atoms with Gasteiger partial charge < -0.3 is 14.8 Å². The third kappa shape index (κ3) is 3.67. The van der Waals surface area contributed by atoms with Gasteiger partial charge in [-0.15, -0.1) is 0 Å². The molecule has 0 fully saturated rings. The van der Waals surface area contributed by atoms with Crippen LogP contribution < -0.4 is 10.1 Å². The van der Waals surface area contributed by atoms with Crippen LogP contribution in [0.3, 0.4) is 0 Å². The molecule has 0 radical (unpaired) electrons. The van der Waals surface area contributed by atoms with Crippen LogP contribution in [0.1, 0.15) is 20.7 Å². The number of ether oxygens (including phenoxy) is 2. The number of hydrogen-bond acceptors (Lipinski definition) is 6. The first kappa shape index (κ1) is 16.9. The lowest BCUT2D eigenvalue weighted by atomic mass is 10.1. The number of nitro benzene ring substituents is 1. The van der Waals surface area contributed by atoms with E-state index in [4.69, 9.17) is 4.74 Å². The van der Waals surface area contributed by atoms with E-state index < -0.39 is 16.8 Å². The average molecular weight is 330 g/mol. The molecule has 0 heterocycles. The largest absolute Gasteiger partial charge is 0.495 e. The van der Waals surface area contributed by atoms with Crippen molar-refractivity contribution in [3.05, 3.63) is 63.7 Å². The van der Waals surface area contributed by atoms with Gasteiger partial charge in [0.15, 0.2) is 0 Å². The van der Waals surface area contributed by atoms with Crippen molar-refractivity contribution in [1.82, 2.24) is 0 Å². The summed E-state index contributed by atoms with van der Waals surface area (Å²) in [6.07, 6.45) is 0. The standard InChI is InChI=1S/C16H14N2O6/c1-23-14-8-7-12(18(21)22)9-13(14)17-15(19)10-3-5-11(6-4-10)16(20)24-2/h3-9H,1-2H3,(H,17,19). The lowest BCUT2D eigenvalue weighted by Gasteiger charge is -2.10. The van der Waals surface area contributed by atoms with Gasteiger partial charge in [-0.25, -0.2) is 4.79 Å². The van der Waals surface area contributed by atoms with Crippen LogP contribution in [-0.2, 0) is 4.74 Å². The smallest absolute Gasteiger partial charge is 0.337 e. The van der Waals surface area contributed by atoms with E-state index in [1.807, 2.05) is 0 Å². The second-order valence-corrected chi connectivity index (χ2v) is 4.66. The zero-order chi connectivity index (χ0) is 17.7. The Morgan fingerprint density at radius 1 is 1.04 bits per heavy atom. The molecule has 8 nitrogen and oxygen atoms in total. The van der Waals surface area contributed by atoms with Gasteiger partial charge in [-0.2, -0.15) is 0 Å². The number of hydrogen-bond donors (Lipinski definition) is 1. The molecule has 0 unspecified atom stereocenters. The molecule has 0 atom stereocenters. The van der Waals surface area contributed by atoms with E-state index in [0.29, 0.717) is 11.3 Å². The molecule has 1 amide bonds. The highest BCUT2D eigenvalue weighted by molar-refractivity contribution is 6.05. The zero-order valence-electron chi connectivity index (χ0n) is 12.9. The minimum Gasteiger partial charge on any atom is -0.495 e. The number of amides is 1. The minimum atomic E-state index is -0.569. The molecule has 0 spiro atoms. The van der Waals surface area contributed by atoms with Crippen LogP contribution >= 0.6 is 0 Å². The van der Waals surface area contributed by atoms with Crippen LogP contribution in [-0.4, -0.2) is 31.0 Å². The molecule has 2 rings (SSSR count). The van der Waals surface area contributed by atoms with Crippen LogP contribution in [0.5, 0.6) is 5.75 Å². The number of carbonyl (C=O) groups excluding carboxylic acids is 2. The molecule has 8 heteroatoms. The number of methoxy groups -OCH3 is 2. The van der Waals surface area contributed by atoms with Crippen molar-refractivity contribution in [3.63, 3.8) is 0 Å². The SMILES string of the molecule is COC(=O)c1ccc(C(=O)Nc2cc([N+](=O)[O-])ccc2OC)cc1. The van der Waals surface area contributed by atoms with Gasteiger partial charge in [-0.3, -0.25) is 14.9 Å². The highest BCUT2D eigenvalue weighted by Crippen LogP contribution is 2.29. The lowest BCUT2D eigenvalue weighted by Crippen LogP contribution is -2.13. The molecule has 124 valence electrons. The van der Waals surface area contributed by atoms with Gasteiger partial charge in [0.05, 0.1) is 30.4 Å². The van der Waals surface area contributed by atoms with Crippen molar-refractivity contribution in [1.29, 1.82) is 0 Å². The van der Waals surface area contributed by atoms with E-state index in [-0.39, 0.29) is 16.9 Å². The number of nitrogens with zero attached hydrogens (tertiary/aromatic N) is 1. The van der Waals surface area contributed by atoms with Crippen LogP contribution in [0.4, 0.5) is 11.4 Å².